The average Bonchev–Trinajstić information content (AvgIpc) is 3.15. The number of fused-ring (bicyclic) bond motifs is 5. The van der Waals surface area contributed by atoms with E-state index in [0.717, 1.165) is 48.9 Å². The third-order valence-electron chi connectivity index (χ3n) is 11.1. The molecule has 9 unspecified atom stereocenters. The van der Waals surface area contributed by atoms with Crippen LogP contribution in [0.15, 0.2) is 11.6 Å². The molecule has 4 aliphatic rings. The number of carbonyl (C=O) groups is 2. The molecule has 4 rings (SSSR count). The van der Waals surface area contributed by atoms with Crippen LogP contribution in [0.2, 0.25) is 0 Å². The lowest BCUT2D eigenvalue weighted by Crippen LogP contribution is -2.51. The van der Waals surface area contributed by atoms with E-state index in [1.54, 1.807) is 12.5 Å². The van der Waals surface area contributed by atoms with E-state index in [2.05, 4.69) is 33.8 Å². The quantitative estimate of drug-likeness (QED) is 0.263. The number of allylic oxidation sites excluding steroid dienone is 1. The van der Waals surface area contributed by atoms with Gasteiger partial charge in [0.1, 0.15) is 6.10 Å². The monoisotopic (exact) mass is 486 g/mol. The van der Waals surface area contributed by atoms with Gasteiger partial charge in [-0.05, 0) is 97.7 Å². The molecule has 4 aliphatic carbocycles. The summed E-state index contributed by atoms with van der Waals surface area (Å²) >= 11 is 0. The largest absolute Gasteiger partial charge is 0.466 e. The average molecular weight is 487 g/mol. The Bertz CT molecular complexity index is 817. The van der Waals surface area contributed by atoms with Crippen molar-refractivity contribution in [2.45, 2.75) is 118 Å². The van der Waals surface area contributed by atoms with E-state index >= 15 is 0 Å². The Balaban J connectivity index is 1.37. The number of hydrogen-bond acceptors (Lipinski definition) is 4. The van der Waals surface area contributed by atoms with Crippen molar-refractivity contribution in [1.29, 1.82) is 0 Å². The first-order valence-corrected chi connectivity index (χ1v) is 14.5. The third kappa shape index (κ3) is 5.37. The predicted molar refractivity (Wildman–Crippen MR) is 140 cm³/mol. The highest BCUT2D eigenvalue weighted by atomic mass is 16.5. The molecule has 0 spiro atoms. The zero-order valence-corrected chi connectivity index (χ0v) is 23.2. The molecule has 0 heterocycles. The van der Waals surface area contributed by atoms with E-state index < -0.39 is 0 Å². The molecule has 9 atom stereocenters. The van der Waals surface area contributed by atoms with Crippen LogP contribution in [0.5, 0.6) is 0 Å². The molecular formula is C31H50O4. The van der Waals surface area contributed by atoms with Crippen LogP contribution in [0.25, 0.3) is 0 Å². The van der Waals surface area contributed by atoms with Crippen molar-refractivity contribution in [2.75, 3.05) is 6.61 Å². The van der Waals surface area contributed by atoms with Gasteiger partial charge in [-0.15, -0.1) is 0 Å². The lowest BCUT2D eigenvalue weighted by atomic mass is 9.47. The summed E-state index contributed by atoms with van der Waals surface area (Å²) in [7, 11) is 0. The minimum atomic E-state index is -0.165. The summed E-state index contributed by atoms with van der Waals surface area (Å²) < 4.78 is 10.8. The zero-order valence-electron chi connectivity index (χ0n) is 23.2. The first kappa shape index (κ1) is 26.7. The van der Waals surface area contributed by atoms with Gasteiger partial charge < -0.3 is 9.47 Å². The molecule has 0 saturated heterocycles. The second-order valence-electron chi connectivity index (χ2n) is 13.3. The van der Waals surface area contributed by atoms with Crippen LogP contribution in [-0.2, 0) is 19.1 Å². The number of hydrogen-bond donors (Lipinski definition) is 0. The van der Waals surface area contributed by atoms with E-state index in [9.17, 15) is 9.59 Å². The van der Waals surface area contributed by atoms with Crippen molar-refractivity contribution in [1.82, 2.24) is 0 Å². The Morgan fingerprint density at radius 3 is 2.49 bits per heavy atom. The van der Waals surface area contributed by atoms with Crippen LogP contribution in [0, 0.1) is 46.3 Å². The van der Waals surface area contributed by atoms with Gasteiger partial charge in [0, 0.05) is 20.3 Å². The van der Waals surface area contributed by atoms with Crippen molar-refractivity contribution in [3.05, 3.63) is 11.6 Å². The molecule has 0 aromatic carbocycles. The summed E-state index contributed by atoms with van der Waals surface area (Å²) in [5, 5.41) is 0. The van der Waals surface area contributed by atoms with E-state index in [1.807, 2.05) is 0 Å². The summed E-state index contributed by atoms with van der Waals surface area (Å²) in [4.78, 5) is 22.6. The maximum Gasteiger partial charge on any atom is 0.302 e. The van der Waals surface area contributed by atoms with Crippen LogP contribution in [0.1, 0.15) is 112 Å². The second-order valence-corrected chi connectivity index (χ2v) is 13.3. The third-order valence-corrected chi connectivity index (χ3v) is 11.1. The van der Waals surface area contributed by atoms with Crippen molar-refractivity contribution in [2.24, 2.45) is 46.3 Å². The van der Waals surface area contributed by atoms with Gasteiger partial charge in [-0.1, -0.05) is 52.2 Å². The molecule has 3 saturated carbocycles. The summed E-state index contributed by atoms with van der Waals surface area (Å²) in [5.74, 6) is 4.25. The fraction of sp³-hybridized carbons (Fsp3) is 0.871. The normalized spacial score (nSPS) is 39.9. The van der Waals surface area contributed by atoms with E-state index in [0.29, 0.717) is 23.4 Å². The predicted octanol–water partition coefficient (Wildman–Crippen LogP) is 7.50. The van der Waals surface area contributed by atoms with Crippen LogP contribution in [-0.4, -0.2) is 24.6 Å². The van der Waals surface area contributed by atoms with E-state index in [4.69, 9.17) is 9.47 Å². The van der Waals surface area contributed by atoms with Crippen LogP contribution < -0.4 is 0 Å². The molecule has 3 fully saturated rings. The van der Waals surface area contributed by atoms with Gasteiger partial charge in [-0.25, -0.2) is 0 Å². The molecule has 4 nitrogen and oxygen atoms in total. The van der Waals surface area contributed by atoms with Crippen molar-refractivity contribution < 1.29 is 19.1 Å². The number of carbonyl (C=O) groups excluding carboxylic acids is 2. The standard InChI is InChI=1S/C31H50O4/c1-20(19-34-22(3)32)8-7-9-21(2)27-12-13-28-26-11-10-24-18-25(35-23(4)33)14-16-30(24,5)29(26)15-17-31(27,28)6/h10,20-21,25-29H,7-9,11-19H2,1-6H3. The van der Waals surface area contributed by atoms with Gasteiger partial charge in [0.25, 0.3) is 0 Å². The fourth-order valence-corrected chi connectivity index (χ4v) is 9.27. The molecule has 0 amide bonds. The molecule has 0 bridgehead atoms. The molecule has 0 radical (unpaired) electrons. The lowest BCUT2D eigenvalue weighted by Gasteiger charge is -2.58. The fourth-order valence-electron chi connectivity index (χ4n) is 9.27. The topological polar surface area (TPSA) is 52.6 Å². The Hall–Kier alpha value is -1.32. The molecule has 4 heteroatoms. The minimum Gasteiger partial charge on any atom is -0.466 e. The molecule has 0 aliphatic heterocycles. The van der Waals surface area contributed by atoms with Gasteiger partial charge >= 0.3 is 11.9 Å². The Morgan fingerprint density at radius 1 is 1.00 bits per heavy atom. The highest BCUT2D eigenvalue weighted by molar-refractivity contribution is 5.66. The summed E-state index contributed by atoms with van der Waals surface area (Å²) in [6.45, 7) is 13.5. The summed E-state index contributed by atoms with van der Waals surface area (Å²) in [5.41, 5.74) is 2.38. The van der Waals surface area contributed by atoms with E-state index in [-0.39, 0.29) is 18.0 Å². The van der Waals surface area contributed by atoms with E-state index in [1.165, 1.54) is 58.3 Å². The molecule has 198 valence electrons. The van der Waals surface area contributed by atoms with Gasteiger partial charge in [0.05, 0.1) is 6.61 Å². The van der Waals surface area contributed by atoms with Crippen molar-refractivity contribution in [3.63, 3.8) is 0 Å². The van der Waals surface area contributed by atoms with Gasteiger partial charge in [-0.2, -0.15) is 0 Å². The van der Waals surface area contributed by atoms with Crippen molar-refractivity contribution >= 4 is 11.9 Å². The van der Waals surface area contributed by atoms with Gasteiger partial charge in [0.2, 0.25) is 0 Å². The Morgan fingerprint density at radius 2 is 1.77 bits per heavy atom. The summed E-state index contributed by atoms with van der Waals surface area (Å²) in [6.07, 6.45) is 16.3. The molecule has 0 aromatic rings. The maximum atomic E-state index is 11.5. The highest BCUT2D eigenvalue weighted by Crippen LogP contribution is 2.67. The second kappa shape index (κ2) is 10.6. The number of esters is 2. The van der Waals surface area contributed by atoms with Gasteiger partial charge in [0.15, 0.2) is 0 Å². The molecule has 0 N–H and O–H groups in total. The van der Waals surface area contributed by atoms with Gasteiger partial charge in [-0.3, -0.25) is 9.59 Å². The first-order valence-electron chi connectivity index (χ1n) is 14.5. The highest BCUT2D eigenvalue weighted by Gasteiger charge is 2.59. The van der Waals surface area contributed by atoms with Crippen LogP contribution >= 0.6 is 0 Å². The Kier molecular flexibility index (Phi) is 8.08. The number of rotatable bonds is 8. The Labute approximate surface area is 214 Å². The van der Waals surface area contributed by atoms with Crippen LogP contribution in [0.3, 0.4) is 0 Å². The molecular weight excluding hydrogens is 436 g/mol. The number of ether oxygens (including phenoxy) is 2. The first-order chi connectivity index (χ1) is 16.5. The molecule has 35 heavy (non-hydrogen) atoms. The van der Waals surface area contributed by atoms with Crippen molar-refractivity contribution in [3.8, 4) is 0 Å². The van der Waals surface area contributed by atoms with Crippen LogP contribution in [0.4, 0.5) is 0 Å². The summed E-state index contributed by atoms with van der Waals surface area (Å²) in [6, 6.07) is 0. The molecule has 0 aromatic heterocycles. The lowest BCUT2D eigenvalue weighted by molar-refractivity contribution is -0.148. The smallest absolute Gasteiger partial charge is 0.302 e. The SMILES string of the molecule is CC(=O)OCC(C)CCCC(C)C1CCC2C3CC=C4CC(OC(C)=O)CCC4(C)C3CCC12C. The minimum absolute atomic E-state index is 0.0886. The maximum absolute atomic E-state index is 11.5. The zero-order chi connectivity index (χ0) is 25.4.